The van der Waals surface area contributed by atoms with Crippen LogP contribution in [0.3, 0.4) is 0 Å². The third kappa shape index (κ3) is 4.79. The Hall–Kier alpha value is -1.67. The van der Waals surface area contributed by atoms with Gasteiger partial charge in [0.25, 0.3) is 0 Å². The van der Waals surface area contributed by atoms with Gasteiger partial charge in [0.05, 0.1) is 0 Å². The van der Waals surface area contributed by atoms with Crippen molar-refractivity contribution in [3.05, 3.63) is 5.82 Å². The summed E-state index contributed by atoms with van der Waals surface area (Å²) in [4.78, 5) is 10.4. The molecule has 0 radical (unpaired) electrons. The summed E-state index contributed by atoms with van der Waals surface area (Å²) in [6.45, 7) is 1.65. The van der Waals surface area contributed by atoms with Crippen molar-refractivity contribution in [1.82, 2.24) is 20.2 Å². The normalized spacial score (nSPS) is 13.6. The van der Waals surface area contributed by atoms with E-state index in [0.29, 0.717) is 0 Å². The van der Waals surface area contributed by atoms with Crippen LogP contribution < -0.4 is 0 Å². The third-order valence-electron chi connectivity index (χ3n) is 1.97. The number of rotatable bonds is 5. The van der Waals surface area contributed by atoms with Gasteiger partial charge in [-0.25, -0.2) is 4.68 Å². The number of nitrogens with zero attached hydrogens (tertiary/aromatic N) is 4. The first kappa shape index (κ1) is 13.4. The maximum atomic E-state index is 12.1. The quantitative estimate of drug-likeness (QED) is 0.841. The van der Waals surface area contributed by atoms with Crippen LogP contribution in [0.25, 0.3) is 0 Å². The highest BCUT2D eigenvalue weighted by Crippen LogP contribution is 2.20. The van der Waals surface area contributed by atoms with Gasteiger partial charge in [-0.15, -0.1) is 5.10 Å². The lowest BCUT2D eigenvalue weighted by Gasteiger charge is -2.10. The zero-order valence-electron chi connectivity index (χ0n) is 8.98. The van der Waals surface area contributed by atoms with E-state index < -0.39 is 18.6 Å². The van der Waals surface area contributed by atoms with Gasteiger partial charge in [-0.05, 0) is 16.3 Å². The maximum Gasteiger partial charge on any atom is 0.396 e. The van der Waals surface area contributed by atoms with Gasteiger partial charge in [0.1, 0.15) is 6.42 Å². The van der Waals surface area contributed by atoms with Crippen molar-refractivity contribution in [2.75, 3.05) is 0 Å². The molecule has 1 N–H and O–H groups in total. The average molecular weight is 252 g/mol. The van der Waals surface area contributed by atoms with Crippen LogP contribution in [0.1, 0.15) is 19.2 Å². The molecule has 9 heteroatoms. The Morgan fingerprint density at radius 2 is 2.18 bits per heavy atom. The van der Waals surface area contributed by atoms with Gasteiger partial charge in [0, 0.05) is 13.0 Å². The van der Waals surface area contributed by atoms with E-state index in [1.165, 1.54) is 0 Å². The highest BCUT2D eigenvalue weighted by Gasteiger charge is 2.31. The molecule has 0 saturated heterocycles. The van der Waals surface area contributed by atoms with Gasteiger partial charge in [0.15, 0.2) is 5.82 Å². The fourth-order valence-corrected chi connectivity index (χ4v) is 1.33. The van der Waals surface area contributed by atoms with Gasteiger partial charge in [0.2, 0.25) is 0 Å². The number of aliphatic carboxylic acids is 1. The second-order valence-corrected chi connectivity index (χ2v) is 3.77. The average Bonchev–Trinajstić information content (AvgIpc) is 2.48. The fraction of sp³-hybridized carbons (Fsp3) is 0.750. The summed E-state index contributed by atoms with van der Waals surface area (Å²) in [7, 11) is 0. The smallest absolute Gasteiger partial charge is 0.396 e. The summed E-state index contributed by atoms with van der Waals surface area (Å²) in [5, 5.41) is 18.4. The Labute approximate surface area is 94.4 Å². The molecule has 1 unspecified atom stereocenters. The standard InChI is InChI=1S/C8H11F3N4O2/c1-5(2-7(16)17)4-15-6(12-13-14-15)3-8(9,10)11/h5H,2-4H2,1H3,(H,16,17). The molecule has 1 rings (SSSR count). The van der Waals surface area contributed by atoms with Crippen molar-refractivity contribution in [2.45, 2.75) is 32.5 Å². The molecule has 0 aliphatic heterocycles. The Kier molecular flexibility index (Phi) is 4.02. The van der Waals surface area contributed by atoms with Crippen molar-refractivity contribution >= 4 is 5.97 Å². The molecule has 0 aliphatic carbocycles. The molecule has 0 aromatic carbocycles. The fourth-order valence-electron chi connectivity index (χ4n) is 1.33. The summed E-state index contributed by atoms with van der Waals surface area (Å²) in [5.41, 5.74) is 0. The van der Waals surface area contributed by atoms with E-state index >= 15 is 0 Å². The largest absolute Gasteiger partial charge is 0.481 e. The van der Waals surface area contributed by atoms with Crippen LogP contribution in [0, 0.1) is 5.92 Å². The SMILES string of the molecule is CC(CC(=O)O)Cn1nnnc1CC(F)(F)F. The molecule has 1 aromatic heterocycles. The maximum absolute atomic E-state index is 12.1. The van der Waals surface area contributed by atoms with Crippen molar-refractivity contribution in [2.24, 2.45) is 5.92 Å². The molecular weight excluding hydrogens is 241 g/mol. The van der Waals surface area contributed by atoms with E-state index in [1.54, 1.807) is 6.92 Å². The molecule has 17 heavy (non-hydrogen) atoms. The minimum atomic E-state index is -4.39. The molecule has 1 aromatic rings. The summed E-state index contributed by atoms with van der Waals surface area (Å²) in [6.07, 6.45) is -5.76. The zero-order valence-corrected chi connectivity index (χ0v) is 8.98. The van der Waals surface area contributed by atoms with E-state index in [4.69, 9.17) is 5.11 Å². The van der Waals surface area contributed by atoms with Gasteiger partial charge in [-0.3, -0.25) is 4.79 Å². The van der Waals surface area contributed by atoms with Crippen molar-refractivity contribution < 1.29 is 23.1 Å². The van der Waals surface area contributed by atoms with Gasteiger partial charge >= 0.3 is 12.1 Å². The molecule has 0 spiro atoms. The number of aromatic nitrogens is 4. The molecule has 0 aliphatic rings. The molecule has 0 amide bonds. The van der Waals surface area contributed by atoms with Crippen molar-refractivity contribution in [1.29, 1.82) is 0 Å². The molecule has 96 valence electrons. The van der Waals surface area contributed by atoms with Crippen LogP contribution in [-0.2, 0) is 17.8 Å². The predicted molar refractivity (Wildman–Crippen MR) is 49.0 cm³/mol. The highest BCUT2D eigenvalue weighted by atomic mass is 19.4. The lowest BCUT2D eigenvalue weighted by molar-refractivity contribution is -0.138. The number of hydrogen-bond acceptors (Lipinski definition) is 4. The highest BCUT2D eigenvalue weighted by molar-refractivity contribution is 5.66. The number of halogens is 3. The van der Waals surface area contributed by atoms with E-state index in [1.807, 2.05) is 0 Å². The molecule has 0 saturated carbocycles. The first-order valence-electron chi connectivity index (χ1n) is 4.81. The van der Waals surface area contributed by atoms with Crippen LogP contribution in [0.15, 0.2) is 0 Å². The molecule has 0 fully saturated rings. The minimum absolute atomic E-state index is 0.0463. The number of carboxylic acid groups (broad SMARTS) is 1. The molecule has 1 atom stereocenters. The molecule has 1 heterocycles. The second-order valence-electron chi connectivity index (χ2n) is 3.77. The lowest BCUT2D eigenvalue weighted by Crippen LogP contribution is -2.20. The first-order valence-corrected chi connectivity index (χ1v) is 4.81. The number of tetrazole rings is 1. The summed E-state index contributed by atoms with van der Waals surface area (Å²) >= 11 is 0. The predicted octanol–water partition coefficient (Wildman–Crippen LogP) is 0.889. The summed E-state index contributed by atoms with van der Waals surface area (Å²) < 4.78 is 37.4. The van der Waals surface area contributed by atoms with Gasteiger partial charge < -0.3 is 5.11 Å². The van der Waals surface area contributed by atoms with Crippen molar-refractivity contribution in [3.8, 4) is 0 Å². The molecule has 6 nitrogen and oxygen atoms in total. The number of carboxylic acids is 1. The Morgan fingerprint density at radius 1 is 1.53 bits per heavy atom. The number of hydrogen-bond donors (Lipinski definition) is 1. The number of carbonyl (C=O) groups is 1. The van der Waals surface area contributed by atoms with Crippen LogP contribution in [0.5, 0.6) is 0 Å². The third-order valence-corrected chi connectivity index (χ3v) is 1.97. The number of alkyl halides is 3. The van der Waals surface area contributed by atoms with Crippen LogP contribution in [0.2, 0.25) is 0 Å². The van der Waals surface area contributed by atoms with E-state index in [0.717, 1.165) is 4.68 Å². The Balaban J connectivity index is 2.66. The van der Waals surface area contributed by atoms with Crippen LogP contribution in [0.4, 0.5) is 13.2 Å². The van der Waals surface area contributed by atoms with E-state index in [-0.39, 0.29) is 24.7 Å². The van der Waals surface area contributed by atoms with Crippen molar-refractivity contribution in [3.63, 3.8) is 0 Å². The van der Waals surface area contributed by atoms with Crippen LogP contribution >= 0.6 is 0 Å². The van der Waals surface area contributed by atoms with Crippen LogP contribution in [-0.4, -0.2) is 37.5 Å². The lowest BCUT2D eigenvalue weighted by atomic mass is 10.1. The van der Waals surface area contributed by atoms with E-state index in [2.05, 4.69) is 15.5 Å². The molecule has 0 bridgehead atoms. The van der Waals surface area contributed by atoms with Gasteiger partial charge in [-0.2, -0.15) is 13.2 Å². The topological polar surface area (TPSA) is 80.9 Å². The Bertz CT molecular complexity index is 390. The monoisotopic (exact) mass is 252 g/mol. The Morgan fingerprint density at radius 3 is 2.71 bits per heavy atom. The minimum Gasteiger partial charge on any atom is -0.481 e. The summed E-state index contributed by atoms with van der Waals surface area (Å²) in [5.74, 6) is -1.67. The molecular formula is C8H11F3N4O2. The zero-order chi connectivity index (χ0) is 13.1. The van der Waals surface area contributed by atoms with Gasteiger partial charge in [-0.1, -0.05) is 6.92 Å². The first-order chi connectivity index (χ1) is 7.78. The second kappa shape index (κ2) is 5.11. The van der Waals surface area contributed by atoms with E-state index in [9.17, 15) is 18.0 Å². The summed E-state index contributed by atoms with van der Waals surface area (Å²) in [6, 6.07) is 0.